The van der Waals surface area contributed by atoms with Crippen LogP contribution in [0.1, 0.15) is 32.8 Å². The Hall–Kier alpha value is -1.30. The standard InChI is InChI=1S/C15H22F3N3/c1-14(2,3)11-4-6-19-13(8-11)20-12-5-7-21(9-12)10-15(16,17)18/h4,6,8,12H,5,7,9-10H2,1-3H3,(H,19,20). The zero-order chi connectivity index (χ0) is 15.7. The Labute approximate surface area is 123 Å². The van der Waals surface area contributed by atoms with Crippen LogP contribution in [0.5, 0.6) is 0 Å². The molecule has 1 unspecified atom stereocenters. The monoisotopic (exact) mass is 301 g/mol. The predicted molar refractivity (Wildman–Crippen MR) is 77.5 cm³/mol. The summed E-state index contributed by atoms with van der Waals surface area (Å²) in [4.78, 5) is 5.70. The molecule has 2 rings (SSSR count). The molecule has 0 radical (unpaired) electrons. The summed E-state index contributed by atoms with van der Waals surface area (Å²) in [5.41, 5.74) is 1.18. The molecule has 0 aliphatic carbocycles. The fourth-order valence-electron chi connectivity index (χ4n) is 2.53. The molecule has 0 aromatic carbocycles. The molecule has 1 fully saturated rings. The second-order valence-electron chi connectivity index (χ2n) is 6.66. The minimum Gasteiger partial charge on any atom is -0.366 e. The lowest BCUT2D eigenvalue weighted by atomic mass is 9.88. The summed E-state index contributed by atoms with van der Waals surface area (Å²) in [5.74, 6) is 0.737. The zero-order valence-corrected chi connectivity index (χ0v) is 12.7. The number of likely N-dealkylation sites (tertiary alicyclic amines) is 1. The van der Waals surface area contributed by atoms with Crippen molar-refractivity contribution in [2.75, 3.05) is 25.0 Å². The van der Waals surface area contributed by atoms with Crippen LogP contribution in [0, 0.1) is 0 Å². The maximum atomic E-state index is 12.4. The highest BCUT2D eigenvalue weighted by molar-refractivity contribution is 5.41. The van der Waals surface area contributed by atoms with Gasteiger partial charge in [0, 0.05) is 25.3 Å². The molecule has 21 heavy (non-hydrogen) atoms. The van der Waals surface area contributed by atoms with Gasteiger partial charge in [0.05, 0.1) is 6.54 Å². The van der Waals surface area contributed by atoms with Crippen LogP contribution in [0.2, 0.25) is 0 Å². The molecule has 1 aromatic rings. The summed E-state index contributed by atoms with van der Waals surface area (Å²) >= 11 is 0. The van der Waals surface area contributed by atoms with Gasteiger partial charge >= 0.3 is 6.18 Å². The van der Waals surface area contributed by atoms with Gasteiger partial charge in [-0.05, 0) is 29.5 Å². The van der Waals surface area contributed by atoms with Gasteiger partial charge in [-0.1, -0.05) is 20.8 Å². The van der Waals surface area contributed by atoms with Crippen LogP contribution < -0.4 is 5.32 Å². The SMILES string of the molecule is CC(C)(C)c1ccnc(NC2CCN(CC(F)(F)F)C2)c1. The summed E-state index contributed by atoms with van der Waals surface area (Å²) in [5, 5.41) is 3.25. The Morgan fingerprint density at radius 2 is 2.05 bits per heavy atom. The highest BCUT2D eigenvalue weighted by Gasteiger charge is 2.34. The molecule has 1 saturated heterocycles. The number of pyridine rings is 1. The van der Waals surface area contributed by atoms with Crippen molar-refractivity contribution in [3.8, 4) is 0 Å². The van der Waals surface area contributed by atoms with Crippen molar-refractivity contribution in [1.82, 2.24) is 9.88 Å². The Morgan fingerprint density at radius 1 is 1.33 bits per heavy atom. The van der Waals surface area contributed by atoms with E-state index in [4.69, 9.17) is 0 Å². The number of anilines is 1. The van der Waals surface area contributed by atoms with E-state index in [1.54, 1.807) is 6.20 Å². The highest BCUT2D eigenvalue weighted by Crippen LogP contribution is 2.25. The van der Waals surface area contributed by atoms with Crippen LogP contribution in [0.4, 0.5) is 19.0 Å². The first-order chi connectivity index (χ1) is 9.63. The van der Waals surface area contributed by atoms with Crippen molar-refractivity contribution in [3.63, 3.8) is 0 Å². The van der Waals surface area contributed by atoms with Gasteiger partial charge in [0.15, 0.2) is 0 Å². The molecule has 1 N–H and O–H groups in total. The van der Waals surface area contributed by atoms with Crippen LogP contribution in [0.15, 0.2) is 18.3 Å². The van der Waals surface area contributed by atoms with E-state index in [0.717, 1.165) is 11.4 Å². The van der Waals surface area contributed by atoms with Gasteiger partial charge in [0.2, 0.25) is 0 Å². The molecule has 2 heterocycles. The third kappa shape index (κ3) is 4.88. The van der Waals surface area contributed by atoms with E-state index < -0.39 is 12.7 Å². The number of hydrogen-bond donors (Lipinski definition) is 1. The Bertz CT molecular complexity index is 480. The van der Waals surface area contributed by atoms with Crippen LogP contribution in [-0.4, -0.2) is 41.7 Å². The van der Waals surface area contributed by atoms with Crippen LogP contribution in [-0.2, 0) is 5.41 Å². The Balaban J connectivity index is 1.95. The Morgan fingerprint density at radius 3 is 2.67 bits per heavy atom. The van der Waals surface area contributed by atoms with Gasteiger partial charge in [-0.3, -0.25) is 4.90 Å². The number of rotatable bonds is 3. The molecule has 1 aromatic heterocycles. The van der Waals surface area contributed by atoms with Gasteiger partial charge in [-0.15, -0.1) is 0 Å². The van der Waals surface area contributed by atoms with Gasteiger partial charge < -0.3 is 5.32 Å². The number of hydrogen-bond acceptors (Lipinski definition) is 3. The topological polar surface area (TPSA) is 28.2 Å². The van der Waals surface area contributed by atoms with Crippen molar-refractivity contribution in [1.29, 1.82) is 0 Å². The number of nitrogens with one attached hydrogen (secondary N) is 1. The van der Waals surface area contributed by atoms with Gasteiger partial charge in [0.1, 0.15) is 5.82 Å². The van der Waals surface area contributed by atoms with E-state index in [1.807, 2.05) is 12.1 Å². The molecule has 1 aliphatic rings. The maximum Gasteiger partial charge on any atom is 0.401 e. The quantitative estimate of drug-likeness (QED) is 0.927. The molecular weight excluding hydrogens is 279 g/mol. The second kappa shape index (κ2) is 5.83. The van der Waals surface area contributed by atoms with Crippen molar-refractivity contribution >= 4 is 5.82 Å². The van der Waals surface area contributed by atoms with E-state index in [-0.39, 0.29) is 11.5 Å². The van der Waals surface area contributed by atoms with E-state index in [9.17, 15) is 13.2 Å². The molecule has 0 saturated carbocycles. The first kappa shape index (κ1) is 16.1. The fourth-order valence-corrected chi connectivity index (χ4v) is 2.53. The van der Waals surface area contributed by atoms with Crippen molar-refractivity contribution < 1.29 is 13.2 Å². The normalized spacial score (nSPS) is 20.8. The van der Waals surface area contributed by atoms with Crippen molar-refractivity contribution in [2.45, 2.75) is 44.8 Å². The number of aromatic nitrogens is 1. The molecule has 6 heteroatoms. The second-order valence-corrected chi connectivity index (χ2v) is 6.66. The summed E-state index contributed by atoms with van der Waals surface area (Å²) in [6.45, 7) is 6.39. The smallest absolute Gasteiger partial charge is 0.366 e. The number of halogens is 3. The average Bonchev–Trinajstić information content (AvgIpc) is 2.73. The minimum atomic E-state index is -4.13. The van der Waals surface area contributed by atoms with E-state index in [0.29, 0.717) is 19.5 Å². The molecular formula is C15H22F3N3. The molecule has 118 valence electrons. The average molecular weight is 301 g/mol. The molecule has 0 amide bonds. The molecule has 0 spiro atoms. The summed E-state index contributed by atoms with van der Waals surface area (Å²) < 4.78 is 37.1. The van der Waals surface area contributed by atoms with Crippen molar-refractivity contribution in [3.05, 3.63) is 23.9 Å². The molecule has 0 bridgehead atoms. The fraction of sp³-hybridized carbons (Fsp3) is 0.667. The highest BCUT2D eigenvalue weighted by atomic mass is 19.4. The lowest BCUT2D eigenvalue weighted by Gasteiger charge is -2.21. The number of alkyl halides is 3. The predicted octanol–water partition coefficient (Wildman–Crippen LogP) is 3.43. The van der Waals surface area contributed by atoms with Crippen LogP contribution >= 0.6 is 0 Å². The molecule has 1 atom stereocenters. The largest absolute Gasteiger partial charge is 0.401 e. The van der Waals surface area contributed by atoms with Gasteiger partial charge in [-0.2, -0.15) is 13.2 Å². The van der Waals surface area contributed by atoms with Crippen LogP contribution in [0.3, 0.4) is 0 Å². The zero-order valence-electron chi connectivity index (χ0n) is 12.7. The molecule has 1 aliphatic heterocycles. The van der Waals surface area contributed by atoms with E-state index >= 15 is 0 Å². The summed E-state index contributed by atoms with van der Waals surface area (Å²) in [7, 11) is 0. The summed E-state index contributed by atoms with van der Waals surface area (Å²) in [6, 6.07) is 3.97. The Kier molecular flexibility index (Phi) is 4.46. The lowest BCUT2D eigenvalue weighted by molar-refractivity contribution is -0.143. The maximum absolute atomic E-state index is 12.4. The molecule has 3 nitrogen and oxygen atoms in total. The van der Waals surface area contributed by atoms with E-state index in [1.165, 1.54) is 4.90 Å². The van der Waals surface area contributed by atoms with Gasteiger partial charge in [-0.25, -0.2) is 4.98 Å². The van der Waals surface area contributed by atoms with Crippen LogP contribution in [0.25, 0.3) is 0 Å². The summed E-state index contributed by atoms with van der Waals surface area (Å²) in [6.07, 6.45) is -1.68. The van der Waals surface area contributed by atoms with E-state index in [2.05, 4.69) is 31.1 Å². The third-order valence-electron chi connectivity index (χ3n) is 3.65. The minimum absolute atomic E-state index is 0.0232. The third-order valence-corrected chi connectivity index (χ3v) is 3.65. The van der Waals surface area contributed by atoms with Crippen molar-refractivity contribution in [2.24, 2.45) is 0 Å². The first-order valence-corrected chi connectivity index (χ1v) is 7.16. The number of nitrogens with zero attached hydrogens (tertiary/aromatic N) is 2. The van der Waals surface area contributed by atoms with Gasteiger partial charge in [0.25, 0.3) is 0 Å². The first-order valence-electron chi connectivity index (χ1n) is 7.16. The lowest BCUT2D eigenvalue weighted by Crippen LogP contribution is -2.34.